The minimum absolute atomic E-state index is 0.242. The third-order valence-corrected chi connectivity index (χ3v) is 6.24. The molecule has 0 bridgehead atoms. The van der Waals surface area contributed by atoms with Gasteiger partial charge >= 0.3 is 0 Å². The van der Waals surface area contributed by atoms with E-state index in [0.717, 1.165) is 49.2 Å². The van der Waals surface area contributed by atoms with Gasteiger partial charge in [-0.15, -0.1) is 5.10 Å². The van der Waals surface area contributed by atoms with Crippen LogP contribution in [0.2, 0.25) is 0 Å². The molecule has 168 valence electrons. The number of benzene rings is 2. The fraction of sp³-hybridized carbons (Fsp3) is 0.391. The minimum Gasteiger partial charge on any atom is -0.385 e. The van der Waals surface area contributed by atoms with Crippen LogP contribution in [0.4, 0.5) is 20.4 Å². The van der Waals surface area contributed by atoms with Gasteiger partial charge in [0.25, 0.3) is 0 Å². The zero-order chi connectivity index (χ0) is 22.3. The molecule has 5 rings (SSSR count). The van der Waals surface area contributed by atoms with Crippen molar-refractivity contribution in [2.45, 2.75) is 31.4 Å². The molecule has 32 heavy (non-hydrogen) atoms. The van der Waals surface area contributed by atoms with Gasteiger partial charge in [0.2, 0.25) is 5.95 Å². The second-order valence-electron chi connectivity index (χ2n) is 8.61. The molecule has 2 aliphatic heterocycles. The van der Waals surface area contributed by atoms with E-state index in [0.29, 0.717) is 18.9 Å². The summed E-state index contributed by atoms with van der Waals surface area (Å²) in [6.45, 7) is 5.19. The van der Waals surface area contributed by atoms with E-state index in [-0.39, 0.29) is 11.6 Å². The Kier molecular flexibility index (Phi) is 5.40. The summed E-state index contributed by atoms with van der Waals surface area (Å²) in [7, 11) is 0. The Hall–Kier alpha value is -2.88. The standard InChI is InChI=1S/C23H25F2N5O2/c1-15-6-16(23(31)2-4-29(5-3-23)21-12-32-13-21)8-19(7-15)27-22-26-14-30(28-22)20-10-17(24)9-18(25)11-20/h6-11,14,21,31H,2-5,12-13H2,1H3,(H,27,28). The molecule has 9 heteroatoms. The number of nitrogens with one attached hydrogen (secondary N) is 1. The largest absolute Gasteiger partial charge is 0.385 e. The molecule has 0 aliphatic carbocycles. The first-order chi connectivity index (χ1) is 15.4. The Morgan fingerprint density at radius 2 is 1.78 bits per heavy atom. The first-order valence-corrected chi connectivity index (χ1v) is 10.7. The van der Waals surface area contributed by atoms with Crippen LogP contribution in [-0.2, 0) is 10.3 Å². The molecular formula is C23H25F2N5O2. The number of ether oxygens (including phenoxy) is 1. The van der Waals surface area contributed by atoms with Gasteiger partial charge in [0.1, 0.15) is 18.0 Å². The number of halogens is 2. The summed E-state index contributed by atoms with van der Waals surface area (Å²) in [5, 5.41) is 18.8. The van der Waals surface area contributed by atoms with Crippen molar-refractivity contribution in [1.82, 2.24) is 19.7 Å². The molecule has 0 radical (unpaired) electrons. The van der Waals surface area contributed by atoms with Crippen LogP contribution < -0.4 is 5.32 Å². The first-order valence-electron chi connectivity index (χ1n) is 10.7. The van der Waals surface area contributed by atoms with Crippen molar-refractivity contribution in [3.63, 3.8) is 0 Å². The summed E-state index contributed by atoms with van der Waals surface area (Å²) < 4.78 is 33.6. The van der Waals surface area contributed by atoms with Crippen molar-refractivity contribution in [2.24, 2.45) is 0 Å². The number of anilines is 2. The number of rotatable bonds is 5. The van der Waals surface area contributed by atoms with Crippen LogP contribution in [0.1, 0.15) is 24.0 Å². The first kappa shape index (κ1) is 21.0. The van der Waals surface area contributed by atoms with Crippen molar-refractivity contribution < 1.29 is 18.6 Å². The highest BCUT2D eigenvalue weighted by atomic mass is 19.1. The van der Waals surface area contributed by atoms with E-state index < -0.39 is 17.2 Å². The van der Waals surface area contributed by atoms with Crippen molar-refractivity contribution >= 4 is 11.6 Å². The zero-order valence-electron chi connectivity index (χ0n) is 17.8. The van der Waals surface area contributed by atoms with Gasteiger partial charge < -0.3 is 15.2 Å². The summed E-state index contributed by atoms with van der Waals surface area (Å²) in [5.74, 6) is -1.08. The van der Waals surface area contributed by atoms with Crippen LogP contribution in [0.5, 0.6) is 0 Å². The van der Waals surface area contributed by atoms with Crippen molar-refractivity contribution in [3.05, 3.63) is 65.5 Å². The molecule has 3 aromatic rings. The molecule has 2 N–H and O–H groups in total. The fourth-order valence-corrected chi connectivity index (χ4v) is 4.35. The SMILES string of the molecule is Cc1cc(Nc2ncn(-c3cc(F)cc(F)c3)n2)cc(C2(O)CCN(C3COC3)CC2)c1. The van der Waals surface area contributed by atoms with Crippen molar-refractivity contribution in [3.8, 4) is 5.69 Å². The highest BCUT2D eigenvalue weighted by Gasteiger charge is 2.38. The number of aryl methyl sites for hydroxylation is 1. The zero-order valence-corrected chi connectivity index (χ0v) is 17.8. The van der Waals surface area contributed by atoms with Crippen LogP contribution >= 0.6 is 0 Å². The average molecular weight is 441 g/mol. The summed E-state index contributed by atoms with van der Waals surface area (Å²) in [6, 6.07) is 9.52. The second kappa shape index (κ2) is 8.23. The van der Waals surface area contributed by atoms with Gasteiger partial charge in [0.15, 0.2) is 0 Å². The van der Waals surface area contributed by atoms with E-state index in [9.17, 15) is 13.9 Å². The number of hydrogen-bond donors (Lipinski definition) is 2. The lowest BCUT2D eigenvalue weighted by Crippen LogP contribution is -2.54. The Morgan fingerprint density at radius 1 is 1.06 bits per heavy atom. The molecule has 2 saturated heterocycles. The van der Waals surface area contributed by atoms with Gasteiger partial charge in [-0.1, -0.05) is 6.07 Å². The summed E-state index contributed by atoms with van der Waals surface area (Å²) >= 11 is 0. The normalized spacial score (nSPS) is 19.0. The summed E-state index contributed by atoms with van der Waals surface area (Å²) in [4.78, 5) is 6.58. The van der Waals surface area contributed by atoms with E-state index in [2.05, 4.69) is 20.3 Å². The lowest BCUT2D eigenvalue weighted by atomic mass is 9.83. The maximum atomic E-state index is 13.5. The predicted molar refractivity (Wildman–Crippen MR) is 115 cm³/mol. The lowest BCUT2D eigenvalue weighted by molar-refractivity contribution is -0.101. The fourth-order valence-electron chi connectivity index (χ4n) is 4.35. The quantitative estimate of drug-likeness (QED) is 0.633. The lowest BCUT2D eigenvalue weighted by Gasteiger charge is -2.44. The maximum Gasteiger partial charge on any atom is 0.246 e. The van der Waals surface area contributed by atoms with Crippen molar-refractivity contribution in [2.75, 3.05) is 31.6 Å². The van der Waals surface area contributed by atoms with Crippen LogP contribution in [0.3, 0.4) is 0 Å². The van der Waals surface area contributed by atoms with Gasteiger partial charge in [0, 0.05) is 24.8 Å². The Morgan fingerprint density at radius 3 is 2.44 bits per heavy atom. The van der Waals surface area contributed by atoms with Crippen LogP contribution in [-0.4, -0.2) is 57.1 Å². The maximum absolute atomic E-state index is 13.5. The van der Waals surface area contributed by atoms with Crippen LogP contribution in [0.15, 0.2) is 42.7 Å². The highest BCUT2D eigenvalue weighted by molar-refractivity contribution is 5.57. The number of aliphatic hydroxyl groups is 1. The van der Waals surface area contributed by atoms with E-state index in [1.54, 1.807) is 0 Å². The van der Waals surface area contributed by atoms with Crippen LogP contribution in [0, 0.1) is 18.6 Å². The molecule has 2 aromatic carbocycles. The summed E-state index contributed by atoms with van der Waals surface area (Å²) in [5.41, 5.74) is 1.95. The molecule has 0 saturated carbocycles. The van der Waals surface area contributed by atoms with Gasteiger partial charge in [-0.2, -0.15) is 4.98 Å². The minimum atomic E-state index is -0.893. The van der Waals surface area contributed by atoms with Crippen molar-refractivity contribution in [1.29, 1.82) is 0 Å². The number of piperidine rings is 1. The molecule has 2 fully saturated rings. The van der Waals surface area contributed by atoms with Crippen LogP contribution in [0.25, 0.3) is 5.69 Å². The Labute approximate surface area is 184 Å². The molecule has 7 nitrogen and oxygen atoms in total. The highest BCUT2D eigenvalue weighted by Crippen LogP contribution is 2.36. The van der Waals surface area contributed by atoms with E-state index in [1.807, 2.05) is 25.1 Å². The molecule has 0 spiro atoms. The third kappa shape index (κ3) is 4.23. The number of nitrogens with zero attached hydrogens (tertiary/aromatic N) is 4. The topological polar surface area (TPSA) is 75.4 Å². The third-order valence-electron chi connectivity index (χ3n) is 6.24. The van der Waals surface area contributed by atoms with Gasteiger partial charge in [-0.3, -0.25) is 4.90 Å². The van der Waals surface area contributed by atoms with E-state index in [1.165, 1.54) is 23.1 Å². The summed E-state index contributed by atoms with van der Waals surface area (Å²) in [6.07, 6.45) is 2.70. The predicted octanol–water partition coefficient (Wildman–Crippen LogP) is 3.28. The molecule has 0 amide bonds. The second-order valence-corrected chi connectivity index (χ2v) is 8.61. The molecule has 0 atom stereocenters. The molecular weight excluding hydrogens is 416 g/mol. The van der Waals surface area contributed by atoms with E-state index >= 15 is 0 Å². The molecule has 2 aliphatic rings. The number of aromatic nitrogens is 3. The molecule has 1 aromatic heterocycles. The number of hydrogen-bond acceptors (Lipinski definition) is 6. The number of likely N-dealkylation sites (tertiary alicyclic amines) is 1. The smallest absolute Gasteiger partial charge is 0.246 e. The molecule has 3 heterocycles. The van der Waals surface area contributed by atoms with Gasteiger partial charge in [0.05, 0.1) is 30.5 Å². The van der Waals surface area contributed by atoms with Gasteiger partial charge in [-0.05, 0) is 55.2 Å². The van der Waals surface area contributed by atoms with Gasteiger partial charge in [-0.25, -0.2) is 13.5 Å². The Balaban J connectivity index is 1.33. The molecule has 0 unspecified atom stereocenters. The average Bonchev–Trinajstić information content (AvgIpc) is 3.16. The van der Waals surface area contributed by atoms with E-state index in [4.69, 9.17) is 4.74 Å². The Bertz CT molecular complexity index is 1100. The monoisotopic (exact) mass is 441 g/mol.